The van der Waals surface area contributed by atoms with Crippen molar-refractivity contribution in [2.75, 3.05) is 13.7 Å². The van der Waals surface area contributed by atoms with E-state index in [1.807, 2.05) is 31.0 Å². The van der Waals surface area contributed by atoms with Crippen LogP contribution in [0.5, 0.6) is 5.75 Å². The van der Waals surface area contributed by atoms with Crippen molar-refractivity contribution in [3.05, 3.63) is 41.6 Å². The molecule has 1 saturated heterocycles. The van der Waals surface area contributed by atoms with E-state index in [2.05, 4.69) is 34.3 Å². The van der Waals surface area contributed by atoms with E-state index < -0.39 is 0 Å². The second-order valence-corrected chi connectivity index (χ2v) is 10.6. The van der Waals surface area contributed by atoms with Crippen molar-refractivity contribution < 1.29 is 9.53 Å². The van der Waals surface area contributed by atoms with Crippen LogP contribution in [0.1, 0.15) is 48.7 Å². The summed E-state index contributed by atoms with van der Waals surface area (Å²) in [5.74, 6) is 2.16. The zero-order valence-corrected chi connectivity index (χ0v) is 21.5. The number of rotatable bonds is 5. The largest absolute Gasteiger partial charge is 0.494 e. The number of carbonyl (C=O) groups is 1. The Labute approximate surface area is 211 Å². The van der Waals surface area contributed by atoms with Gasteiger partial charge < -0.3 is 24.5 Å². The van der Waals surface area contributed by atoms with Crippen LogP contribution >= 0.6 is 0 Å². The fourth-order valence-electron chi connectivity index (χ4n) is 5.55. The number of methoxy groups -OCH3 is 1. The summed E-state index contributed by atoms with van der Waals surface area (Å²) in [7, 11) is 3.66. The van der Waals surface area contributed by atoms with Crippen LogP contribution in [0.2, 0.25) is 0 Å². The molecule has 4 heterocycles. The third-order valence-electron chi connectivity index (χ3n) is 7.83. The average Bonchev–Trinajstić information content (AvgIpc) is 3.54. The van der Waals surface area contributed by atoms with E-state index in [9.17, 15) is 4.79 Å². The highest BCUT2D eigenvalue weighted by Gasteiger charge is 2.30. The molecular weight excluding hydrogens is 452 g/mol. The Kier molecular flexibility index (Phi) is 5.52. The van der Waals surface area contributed by atoms with Gasteiger partial charge in [0.2, 0.25) is 0 Å². The number of piperidine rings is 1. The Hall–Kier alpha value is -3.39. The summed E-state index contributed by atoms with van der Waals surface area (Å²) in [4.78, 5) is 25.3. The SMILES string of the molecule is COc1cc(C(=O)N2C[C@H](N)CC[C@@H]2C)cc2nc(-c3cc4ccc(C)nc4n3CC3CC3)n(C)c12. The quantitative estimate of drug-likeness (QED) is 0.455. The van der Waals surface area contributed by atoms with Gasteiger partial charge in [0.1, 0.15) is 16.9 Å². The first-order chi connectivity index (χ1) is 17.3. The van der Waals surface area contributed by atoms with Crippen molar-refractivity contribution in [1.82, 2.24) is 24.0 Å². The van der Waals surface area contributed by atoms with E-state index in [0.717, 1.165) is 58.7 Å². The zero-order valence-electron chi connectivity index (χ0n) is 21.5. The molecule has 6 rings (SSSR count). The lowest BCUT2D eigenvalue weighted by Gasteiger charge is -2.36. The average molecular weight is 487 g/mol. The molecule has 1 saturated carbocycles. The third kappa shape index (κ3) is 3.84. The lowest BCUT2D eigenvalue weighted by molar-refractivity contribution is 0.0612. The molecule has 0 spiro atoms. The maximum atomic E-state index is 13.5. The van der Waals surface area contributed by atoms with Crippen molar-refractivity contribution in [3.8, 4) is 17.3 Å². The molecule has 1 aliphatic carbocycles. The maximum absolute atomic E-state index is 13.5. The number of pyridine rings is 1. The highest BCUT2D eigenvalue weighted by molar-refractivity contribution is 6.00. The van der Waals surface area contributed by atoms with Crippen molar-refractivity contribution >= 4 is 28.0 Å². The minimum Gasteiger partial charge on any atom is -0.494 e. The molecule has 3 aromatic heterocycles. The van der Waals surface area contributed by atoms with Gasteiger partial charge in [-0.1, -0.05) is 0 Å². The predicted octanol–water partition coefficient (Wildman–Crippen LogP) is 4.27. The number of ether oxygens (including phenoxy) is 1. The van der Waals surface area contributed by atoms with Gasteiger partial charge in [-0.05, 0) is 75.8 Å². The molecule has 1 amide bonds. The summed E-state index contributed by atoms with van der Waals surface area (Å²) in [6.45, 7) is 5.63. The first kappa shape index (κ1) is 23.0. The molecule has 2 atom stereocenters. The van der Waals surface area contributed by atoms with Crippen LogP contribution in [-0.2, 0) is 13.6 Å². The number of hydrogen-bond acceptors (Lipinski definition) is 5. The molecule has 2 aliphatic rings. The Balaban J connectivity index is 1.48. The molecule has 8 heteroatoms. The fourth-order valence-corrected chi connectivity index (χ4v) is 5.55. The number of aryl methyl sites for hydroxylation is 2. The topological polar surface area (TPSA) is 91.2 Å². The van der Waals surface area contributed by atoms with Crippen molar-refractivity contribution in [3.63, 3.8) is 0 Å². The third-order valence-corrected chi connectivity index (χ3v) is 7.83. The standard InChI is InChI=1S/C28H34N6O2/c1-16-5-9-19-12-23(34(26(19)30-16)14-18-7-8-18)27-31-22-11-20(13-24(36-4)25(22)32(27)3)28(35)33-15-21(29)10-6-17(33)2/h5,9,11-13,17-18,21H,6-8,10,14-15,29H2,1-4H3/t17-,21+/m0/s1. The van der Waals surface area contributed by atoms with E-state index in [1.165, 1.54) is 12.8 Å². The van der Waals surface area contributed by atoms with Gasteiger partial charge in [0, 0.05) is 48.9 Å². The van der Waals surface area contributed by atoms with Crippen LogP contribution in [0.3, 0.4) is 0 Å². The smallest absolute Gasteiger partial charge is 0.254 e. The van der Waals surface area contributed by atoms with Gasteiger partial charge in [-0.15, -0.1) is 0 Å². The summed E-state index contributed by atoms with van der Waals surface area (Å²) in [5, 5.41) is 1.11. The zero-order chi connectivity index (χ0) is 25.1. The Morgan fingerprint density at radius 3 is 2.69 bits per heavy atom. The number of fused-ring (bicyclic) bond motifs is 2. The maximum Gasteiger partial charge on any atom is 0.254 e. The predicted molar refractivity (Wildman–Crippen MR) is 141 cm³/mol. The molecule has 1 aliphatic heterocycles. The number of hydrogen-bond donors (Lipinski definition) is 1. The lowest BCUT2D eigenvalue weighted by Crippen LogP contribution is -2.50. The van der Waals surface area contributed by atoms with Gasteiger partial charge in [0.15, 0.2) is 5.82 Å². The van der Waals surface area contributed by atoms with E-state index in [4.69, 9.17) is 20.4 Å². The molecule has 1 aromatic carbocycles. The lowest BCUT2D eigenvalue weighted by atomic mass is 9.99. The Bertz CT molecular complexity index is 1480. The van der Waals surface area contributed by atoms with E-state index in [-0.39, 0.29) is 18.0 Å². The van der Waals surface area contributed by atoms with Gasteiger partial charge in [0.05, 0.1) is 18.3 Å². The minimum absolute atomic E-state index is 0.0165. The van der Waals surface area contributed by atoms with Gasteiger partial charge in [-0.25, -0.2) is 9.97 Å². The minimum atomic E-state index is -0.0208. The monoisotopic (exact) mass is 486 g/mol. The number of aromatic nitrogens is 4. The van der Waals surface area contributed by atoms with Crippen LogP contribution in [0.15, 0.2) is 30.3 Å². The molecule has 0 bridgehead atoms. The van der Waals surface area contributed by atoms with E-state index in [0.29, 0.717) is 23.8 Å². The number of likely N-dealkylation sites (tertiary alicyclic amines) is 1. The molecule has 0 unspecified atom stereocenters. The van der Waals surface area contributed by atoms with E-state index >= 15 is 0 Å². The highest BCUT2D eigenvalue weighted by atomic mass is 16.5. The van der Waals surface area contributed by atoms with Crippen molar-refractivity contribution in [2.45, 2.75) is 58.2 Å². The molecule has 2 fully saturated rings. The first-order valence-electron chi connectivity index (χ1n) is 12.9. The van der Waals surface area contributed by atoms with Crippen LogP contribution in [-0.4, -0.2) is 55.6 Å². The number of imidazole rings is 1. The highest BCUT2D eigenvalue weighted by Crippen LogP contribution is 2.37. The van der Waals surface area contributed by atoms with Gasteiger partial charge >= 0.3 is 0 Å². The van der Waals surface area contributed by atoms with Crippen LogP contribution in [0.4, 0.5) is 0 Å². The summed E-state index contributed by atoms with van der Waals surface area (Å²) >= 11 is 0. The summed E-state index contributed by atoms with van der Waals surface area (Å²) in [6.07, 6.45) is 4.37. The first-order valence-corrected chi connectivity index (χ1v) is 12.9. The molecule has 2 N–H and O–H groups in total. The summed E-state index contributed by atoms with van der Waals surface area (Å²) in [6, 6.07) is 10.3. The van der Waals surface area contributed by atoms with Crippen LogP contribution in [0.25, 0.3) is 33.6 Å². The van der Waals surface area contributed by atoms with Gasteiger partial charge in [0.25, 0.3) is 5.91 Å². The van der Waals surface area contributed by atoms with Crippen LogP contribution in [0, 0.1) is 12.8 Å². The summed E-state index contributed by atoms with van der Waals surface area (Å²) < 4.78 is 10.2. The molecular formula is C28H34N6O2. The normalized spacial score (nSPS) is 20.4. The van der Waals surface area contributed by atoms with E-state index in [1.54, 1.807) is 7.11 Å². The molecule has 188 valence electrons. The Morgan fingerprint density at radius 1 is 1.14 bits per heavy atom. The van der Waals surface area contributed by atoms with Crippen molar-refractivity contribution in [1.29, 1.82) is 0 Å². The Morgan fingerprint density at radius 2 is 1.94 bits per heavy atom. The fraction of sp³-hybridized carbons (Fsp3) is 0.464. The summed E-state index contributed by atoms with van der Waals surface area (Å²) in [5.41, 5.74) is 11.4. The number of nitrogens with two attached hydrogens (primary N) is 1. The van der Waals surface area contributed by atoms with Gasteiger partial charge in [-0.2, -0.15) is 0 Å². The number of amides is 1. The number of carbonyl (C=O) groups excluding carboxylic acids is 1. The second-order valence-electron chi connectivity index (χ2n) is 10.6. The molecule has 8 nitrogen and oxygen atoms in total. The number of benzene rings is 1. The second kappa shape index (κ2) is 8.62. The van der Waals surface area contributed by atoms with Crippen LogP contribution < -0.4 is 10.5 Å². The van der Waals surface area contributed by atoms with Crippen molar-refractivity contribution in [2.24, 2.45) is 18.7 Å². The molecule has 0 radical (unpaired) electrons. The van der Waals surface area contributed by atoms with Gasteiger partial charge in [-0.3, -0.25) is 4.79 Å². The number of nitrogens with zero attached hydrogens (tertiary/aromatic N) is 5. The molecule has 36 heavy (non-hydrogen) atoms. The molecule has 4 aromatic rings.